The Bertz CT molecular complexity index is 1450. The Morgan fingerprint density at radius 1 is 0.854 bits per heavy atom. The summed E-state index contributed by atoms with van der Waals surface area (Å²) in [5, 5.41) is 1.13. The summed E-state index contributed by atoms with van der Waals surface area (Å²) in [5.41, 5.74) is -0.506. The summed E-state index contributed by atoms with van der Waals surface area (Å²) in [6, 6.07) is 17.9. The number of nitrogens with one attached hydrogen (secondary N) is 1. The van der Waals surface area contributed by atoms with Gasteiger partial charge in [0.25, 0.3) is 5.91 Å². The summed E-state index contributed by atoms with van der Waals surface area (Å²) in [6.45, 7) is 1.76. The van der Waals surface area contributed by atoms with Gasteiger partial charge in [-0.15, -0.1) is 12.4 Å². The van der Waals surface area contributed by atoms with E-state index in [4.69, 9.17) is 0 Å². The molecule has 1 amide bonds. The third-order valence-electron chi connectivity index (χ3n) is 7.35. The maximum absolute atomic E-state index is 13.5. The van der Waals surface area contributed by atoms with Crippen LogP contribution in [0, 0.1) is 0 Å². The number of hydrogen-bond acceptors (Lipinski definition) is 2. The average Bonchev–Trinajstić information content (AvgIpc) is 3.34. The van der Waals surface area contributed by atoms with Gasteiger partial charge in [-0.3, -0.25) is 9.69 Å². The molecule has 4 aromatic rings. The molecule has 0 radical (unpaired) electrons. The van der Waals surface area contributed by atoms with Crippen molar-refractivity contribution in [3.05, 3.63) is 107 Å². The molecule has 4 nitrogen and oxygen atoms in total. The Morgan fingerprint density at radius 2 is 1.49 bits per heavy atom. The first kappa shape index (κ1) is 30.5. The Morgan fingerprint density at radius 3 is 2.15 bits per heavy atom. The van der Waals surface area contributed by atoms with Gasteiger partial charge in [0.05, 0.1) is 11.1 Å². The minimum absolute atomic E-state index is 0. The molecule has 5 rings (SSSR count). The van der Waals surface area contributed by atoms with Gasteiger partial charge in [0.1, 0.15) is 0 Å². The number of nitrogens with zero attached hydrogens (tertiary/aromatic N) is 2. The van der Waals surface area contributed by atoms with Gasteiger partial charge in [0.2, 0.25) is 0 Å². The van der Waals surface area contributed by atoms with Crippen LogP contribution in [-0.2, 0) is 25.2 Å². The number of aromatic amines is 1. The molecule has 11 heteroatoms. The van der Waals surface area contributed by atoms with Crippen molar-refractivity contribution in [1.29, 1.82) is 0 Å². The molecule has 2 heterocycles. The van der Waals surface area contributed by atoms with Crippen LogP contribution in [0.3, 0.4) is 0 Å². The molecule has 218 valence electrons. The van der Waals surface area contributed by atoms with Crippen molar-refractivity contribution in [2.24, 2.45) is 0 Å². The van der Waals surface area contributed by atoms with Gasteiger partial charge in [-0.2, -0.15) is 26.3 Å². The summed E-state index contributed by atoms with van der Waals surface area (Å²) >= 11 is 0. The summed E-state index contributed by atoms with van der Waals surface area (Å²) in [4.78, 5) is 20.4. The number of H-pyrrole nitrogens is 1. The lowest BCUT2D eigenvalue weighted by Gasteiger charge is -2.42. The number of para-hydroxylation sites is 1. The van der Waals surface area contributed by atoms with Gasteiger partial charge in [-0.25, -0.2) is 0 Å². The summed E-state index contributed by atoms with van der Waals surface area (Å²) in [6.07, 6.45) is -6.92. The highest BCUT2D eigenvalue weighted by Gasteiger charge is 2.39. The molecule has 1 atom stereocenters. The molecule has 0 aliphatic carbocycles. The zero-order valence-electron chi connectivity index (χ0n) is 21.8. The first-order valence-electron chi connectivity index (χ1n) is 12.9. The number of rotatable bonds is 6. The largest absolute Gasteiger partial charge is 0.416 e. The van der Waals surface area contributed by atoms with Gasteiger partial charge in [0, 0.05) is 54.9 Å². The molecule has 1 aliphatic heterocycles. The van der Waals surface area contributed by atoms with E-state index in [1.54, 1.807) is 0 Å². The number of fused-ring (bicyclic) bond motifs is 1. The average molecular weight is 596 g/mol. The molecule has 41 heavy (non-hydrogen) atoms. The summed E-state index contributed by atoms with van der Waals surface area (Å²) in [7, 11) is 0. The van der Waals surface area contributed by atoms with Crippen molar-refractivity contribution < 1.29 is 31.1 Å². The van der Waals surface area contributed by atoms with Crippen LogP contribution < -0.4 is 0 Å². The Balaban J connectivity index is 0.00000387. The second kappa shape index (κ2) is 12.2. The molecule has 0 spiro atoms. The second-order valence-corrected chi connectivity index (χ2v) is 10.0. The lowest BCUT2D eigenvalue weighted by molar-refractivity contribution is -0.143. The second-order valence-electron chi connectivity index (χ2n) is 10.0. The maximum Gasteiger partial charge on any atom is 0.416 e. The van der Waals surface area contributed by atoms with Gasteiger partial charge >= 0.3 is 12.4 Å². The molecule has 1 aromatic heterocycles. The Hall–Kier alpha value is -3.50. The monoisotopic (exact) mass is 595 g/mol. The van der Waals surface area contributed by atoms with Crippen molar-refractivity contribution in [2.45, 2.75) is 31.2 Å². The molecule has 0 unspecified atom stereocenters. The first-order chi connectivity index (χ1) is 19.0. The predicted molar refractivity (Wildman–Crippen MR) is 147 cm³/mol. The molecular weight excluding hydrogens is 568 g/mol. The molecule has 3 aromatic carbocycles. The van der Waals surface area contributed by atoms with Crippen molar-refractivity contribution in [1.82, 2.24) is 14.8 Å². The summed E-state index contributed by atoms with van der Waals surface area (Å²) in [5.74, 6) is -0.839. The van der Waals surface area contributed by atoms with E-state index in [9.17, 15) is 31.1 Å². The molecule has 1 saturated heterocycles. The number of piperazine rings is 1. The fraction of sp³-hybridized carbons (Fsp3) is 0.300. The smallest absolute Gasteiger partial charge is 0.361 e. The quantitative estimate of drug-likeness (QED) is 0.239. The molecule has 0 saturated carbocycles. The van der Waals surface area contributed by atoms with E-state index in [1.165, 1.54) is 4.90 Å². The van der Waals surface area contributed by atoms with Crippen LogP contribution in [0.1, 0.15) is 32.6 Å². The minimum Gasteiger partial charge on any atom is -0.361 e. The van der Waals surface area contributed by atoms with Crippen molar-refractivity contribution in [3.8, 4) is 0 Å². The maximum atomic E-state index is 13.5. The Kier molecular flexibility index (Phi) is 9.03. The zero-order valence-corrected chi connectivity index (χ0v) is 22.6. The standard InChI is InChI=1S/C30H27F6N3O.ClH/c31-29(32,33)23-15-22(16-24(17-23)30(34,35)36)28(40)39-13-12-38(19-25(39)14-20-6-2-1-3-7-20)11-10-21-18-37-27-9-5-4-8-26(21)27;/h1-9,15-18,25,37H,10-14,19H2;1H/t25-;/m1./s1. The van der Waals surface area contributed by atoms with E-state index in [-0.39, 0.29) is 25.0 Å². The SMILES string of the molecule is Cl.O=C(c1cc(C(F)(F)F)cc(C(F)(F)F)c1)N1CCN(CCc2c[nH]c3ccccc23)C[C@H]1Cc1ccccc1. The van der Waals surface area contributed by atoms with Crippen molar-refractivity contribution >= 4 is 29.2 Å². The number of benzene rings is 3. The van der Waals surface area contributed by atoms with Crippen LogP contribution in [0.4, 0.5) is 26.3 Å². The number of alkyl halides is 6. The predicted octanol–water partition coefficient (Wildman–Crippen LogP) is 7.24. The van der Waals surface area contributed by atoms with Crippen LogP contribution >= 0.6 is 12.4 Å². The number of aromatic nitrogens is 1. The van der Waals surface area contributed by atoms with Crippen LogP contribution in [0.2, 0.25) is 0 Å². The highest BCUT2D eigenvalue weighted by molar-refractivity contribution is 5.95. The van der Waals surface area contributed by atoms with E-state index < -0.39 is 41.0 Å². The first-order valence-corrected chi connectivity index (χ1v) is 12.9. The molecular formula is C30H28ClF6N3O. The summed E-state index contributed by atoms with van der Waals surface area (Å²) < 4.78 is 80.7. The zero-order chi connectivity index (χ0) is 28.5. The van der Waals surface area contributed by atoms with Crippen LogP contribution in [0.15, 0.2) is 79.0 Å². The lowest BCUT2D eigenvalue weighted by Crippen LogP contribution is -2.56. The van der Waals surface area contributed by atoms with Crippen LogP contribution in [-0.4, -0.2) is 52.9 Å². The van der Waals surface area contributed by atoms with E-state index in [0.717, 1.165) is 28.5 Å². The molecule has 1 aliphatic rings. The van der Waals surface area contributed by atoms with Crippen LogP contribution in [0.25, 0.3) is 10.9 Å². The fourth-order valence-electron chi connectivity index (χ4n) is 5.31. The Labute approximate surface area is 239 Å². The minimum atomic E-state index is -5.03. The van der Waals surface area contributed by atoms with Gasteiger partial charge in [-0.05, 0) is 48.2 Å². The van der Waals surface area contributed by atoms with E-state index in [1.807, 2.05) is 60.8 Å². The fourth-order valence-corrected chi connectivity index (χ4v) is 5.31. The van der Waals surface area contributed by atoms with Gasteiger partial charge in [-0.1, -0.05) is 48.5 Å². The number of halogens is 7. The third-order valence-corrected chi connectivity index (χ3v) is 7.35. The lowest BCUT2D eigenvalue weighted by atomic mass is 9.99. The van der Waals surface area contributed by atoms with E-state index in [2.05, 4.69) is 9.88 Å². The van der Waals surface area contributed by atoms with E-state index in [0.29, 0.717) is 38.2 Å². The highest BCUT2D eigenvalue weighted by atomic mass is 35.5. The number of carbonyl (C=O) groups is 1. The van der Waals surface area contributed by atoms with Gasteiger partial charge in [0.15, 0.2) is 0 Å². The highest BCUT2D eigenvalue weighted by Crippen LogP contribution is 2.37. The number of hydrogen-bond donors (Lipinski definition) is 1. The van der Waals surface area contributed by atoms with Crippen molar-refractivity contribution in [2.75, 3.05) is 26.2 Å². The topological polar surface area (TPSA) is 39.3 Å². The van der Waals surface area contributed by atoms with Gasteiger partial charge < -0.3 is 9.88 Å². The van der Waals surface area contributed by atoms with Crippen LogP contribution in [0.5, 0.6) is 0 Å². The third kappa shape index (κ3) is 7.05. The normalized spacial score (nSPS) is 16.5. The molecule has 1 fully saturated rings. The van der Waals surface area contributed by atoms with Crippen molar-refractivity contribution in [3.63, 3.8) is 0 Å². The van der Waals surface area contributed by atoms with E-state index >= 15 is 0 Å². The molecule has 1 N–H and O–H groups in total. The molecule has 0 bridgehead atoms. The number of amides is 1. The number of carbonyl (C=O) groups excluding carboxylic acids is 1.